The molecule has 0 fully saturated rings. The largest absolute Gasteiger partial charge is 0.372 e. The summed E-state index contributed by atoms with van der Waals surface area (Å²) in [6, 6.07) is 1.78. The van der Waals surface area contributed by atoms with Gasteiger partial charge in [-0.25, -0.2) is 0 Å². The Kier molecular flexibility index (Phi) is 3.64. The molecular formula is C9H14N2O3. The highest BCUT2D eigenvalue weighted by molar-refractivity contribution is 5.80. The van der Waals surface area contributed by atoms with Crippen molar-refractivity contribution in [3.05, 3.63) is 17.5 Å². The maximum absolute atomic E-state index is 11.3. The number of nitrogens with zero attached hydrogens (tertiary/aromatic N) is 1. The zero-order valence-corrected chi connectivity index (χ0v) is 8.53. The zero-order valence-electron chi connectivity index (χ0n) is 8.53. The highest BCUT2D eigenvalue weighted by Crippen LogP contribution is 2.00. The third kappa shape index (κ3) is 2.85. The van der Waals surface area contributed by atoms with Gasteiger partial charge in [-0.05, 0) is 13.8 Å². The molecule has 1 heterocycles. The van der Waals surface area contributed by atoms with E-state index < -0.39 is 6.10 Å². The van der Waals surface area contributed by atoms with Crippen LogP contribution in [0.5, 0.6) is 0 Å². The quantitative estimate of drug-likeness (QED) is 0.770. The SMILES string of the molecule is COC(C)C(=O)NCc1cc(C)on1. The van der Waals surface area contributed by atoms with Crippen molar-refractivity contribution in [2.24, 2.45) is 0 Å². The van der Waals surface area contributed by atoms with Gasteiger partial charge in [0.05, 0.1) is 6.54 Å². The smallest absolute Gasteiger partial charge is 0.249 e. The van der Waals surface area contributed by atoms with Gasteiger partial charge in [0, 0.05) is 13.2 Å². The van der Waals surface area contributed by atoms with E-state index in [0.29, 0.717) is 12.2 Å². The van der Waals surface area contributed by atoms with Crippen LogP contribution in [0.4, 0.5) is 0 Å². The number of amides is 1. The van der Waals surface area contributed by atoms with Crippen LogP contribution in [0.1, 0.15) is 18.4 Å². The molecule has 0 aliphatic heterocycles. The summed E-state index contributed by atoms with van der Waals surface area (Å²) in [6.07, 6.45) is -0.442. The number of methoxy groups -OCH3 is 1. The molecule has 1 aromatic heterocycles. The van der Waals surface area contributed by atoms with E-state index in [2.05, 4.69) is 10.5 Å². The Balaban J connectivity index is 2.37. The highest BCUT2D eigenvalue weighted by Gasteiger charge is 2.11. The van der Waals surface area contributed by atoms with Gasteiger partial charge in [-0.2, -0.15) is 0 Å². The molecule has 0 aliphatic rings. The first-order valence-electron chi connectivity index (χ1n) is 4.36. The lowest BCUT2D eigenvalue weighted by molar-refractivity contribution is -0.130. The number of rotatable bonds is 4. The normalized spacial score (nSPS) is 12.5. The van der Waals surface area contributed by atoms with Crippen molar-refractivity contribution in [1.82, 2.24) is 10.5 Å². The molecule has 0 radical (unpaired) electrons. The number of ether oxygens (including phenoxy) is 1. The molecule has 0 aromatic carbocycles. The van der Waals surface area contributed by atoms with E-state index in [-0.39, 0.29) is 5.91 Å². The lowest BCUT2D eigenvalue weighted by Gasteiger charge is -2.08. The van der Waals surface area contributed by atoms with Crippen LogP contribution in [-0.4, -0.2) is 24.3 Å². The van der Waals surface area contributed by atoms with E-state index in [0.717, 1.165) is 5.76 Å². The third-order valence-corrected chi connectivity index (χ3v) is 1.84. The van der Waals surface area contributed by atoms with Crippen molar-refractivity contribution >= 4 is 5.91 Å². The number of carbonyl (C=O) groups excluding carboxylic acids is 1. The molecule has 0 bridgehead atoms. The Labute approximate surface area is 82.4 Å². The first kappa shape index (κ1) is 10.7. The lowest BCUT2D eigenvalue weighted by atomic mass is 10.3. The number of hydrogen-bond donors (Lipinski definition) is 1. The minimum atomic E-state index is -0.442. The van der Waals surface area contributed by atoms with Gasteiger partial charge >= 0.3 is 0 Å². The Morgan fingerprint density at radius 2 is 2.50 bits per heavy atom. The van der Waals surface area contributed by atoms with E-state index in [9.17, 15) is 4.79 Å². The molecule has 5 nitrogen and oxygen atoms in total. The molecule has 1 unspecified atom stereocenters. The summed E-state index contributed by atoms with van der Waals surface area (Å²) < 4.78 is 9.70. The van der Waals surface area contributed by atoms with Gasteiger partial charge in [0.25, 0.3) is 0 Å². The van der Waals surface area contributed by atoms with Crippen molar-refractivity contribution in [2.75, 3.05) is 7.11 Å². The molecule has 0 saturated heterocycles. The van der Waals surface area contributed by atoms with Crippen LogP contribution in [0, 0.1) is 6.92 Å². The Hall–Kier alpha value is -1.36. The summed E-state index contributed by atoms with van der Waals surface area (Å²) in [5.74, 6) is 0.571. The average molecular weight is 198 g/mol. The molecule has 0 aliphatic carbocycles. The molecule has 1 amide bonds. The van der Waals surface area contributed by atoms with E-state index >= 15 is 0 Å². The van der Waals surface area contributed by atoms with Gasteiger partial charge in [-0.15, -0.1) is 0 Å². The Morgan fingerprint density at radius 1 is 1.79 bits per heavy atom. The molecule has 0 saturated carbocycles. The van der Waals surface area contributed by atoms with Gasteiger partial charge in [0.2, 0.25) is 5.91 Å². The van der Waals surface area contributed by atoms with Crippen molar-refractivity contribution < 1.29 is 14.1 Å². The second-order valence-electron chi connectivity index (χ2n) is 3.02. The van der Waals surface area contributed by atoms with Gasteiger partial charge in [0.15, 0.2) is 0 Å². The first-order valence-corrected chi connectivity index (χ1v) is 4.36. The monoisotopic (exact) mass is 198 g/mol. The number of aromatic nitrogens is 1. The second kappa shape index (κ2) is 4.76. The fourth-order valence-corrected chi connectivity index (χ4v) is 0.930. The second-order valence-corrected chi connectivity index (χ2v) is 3.02. The lowest BCUT2D eigenvalue weighted by Crippen LogP contribution is -2.33. The van der Waals surface area contributed by atoms with Gasteiger partial charge in [0.1, 0.15) is 17.6 Å². The topological polar surface area (TPSA) is 64.4 Å². The number of hydrogen-bond acceptors (Lipinski definition) is 4. The maximum Gasteiger partial charge on any atom is 0.249 e. The van der Waals surface area contributed by atoms with Crippen molar-refractivity contribution in [3.63, 3.8) is 0 Å². The first-order chi connectivity index (χ1) is 6.63. The van der Waals surface area contributed by atoms with Crippen LogP contribution in [0.25, 0.3) is 0 Å². The van der Waals surface area contributed by atoms with Gasteiger partial charge in [-0.1, -0.05) is 5.16 Å². The summed E-state index contributed by atoms with van der Waals surface area (Å²) in [5.41, 5.74) is 0.708. The summed E-state index contributed by atoms with van der Waals surface area (Å²) in [5, 5.41) is 6.42. The minimum absolute atomic E-state index is 0.159. The van der Waals surface area contributed by atoms with Crippen LogP contribution in [0.15, 0.2) is 10.6 Å². The standard InChI is InChI=1S/C9H14N2O3/c1-6-4-8(11-14-6)5-10-9(12)7(2)13-3/h4,7H,5H2,1-3H3,(H,10,12). The molecular weight excluding hydrogens is 184 g/mol. The predicted molar refractivity (Wildman–Crippen MR) is 49.6 cm³/mol. The summed E-state index contributed by atoms with van der Waals surface area (Å²) in [6.45, 7) is 3.85. The summed E-state index contributed by atoms with van der Waals surface area (Å²) in [7, 11) is 1.49. The Morgan fingerprint density at radius 3 is 3.00 bits per heavy atom. The molecule has 78 valence electrons. The van der Waals surface area contributed by atoms with E-state index in [1.807, 2.05) is 0 Å². The maximum atomic E-state index is 11.3. The fraction of sp³-hybridized carbons (Fsp3) is 0.556. The van der Waals surface area contributed by atoms with E-state index in [1.54, 1.807) is 19.9 Å². The minimum Gasteiger partial charge on any atom is -0.372 e. The van der Waals surface area contributed by atoms with Crippen LogP contribution >= 0.6 is 0 Å². The molecule has 1 N–H and O–H groups in total. The summed E-state index contributed by atoms with van der Waals surface area (Å²) >= 11 is 0. The fourth-order valence-electron chi connectivity index (χ4n) is 0.930. The Bertz CT molecular complexity index is 309. The average Bonchev–Trinajstić information content (AvgIpc) is 2.59. The van der Waals surface area contributed by atoms with Gasteiger partial charge in [-0.3, -0.25) is 4.79 Å². The molecule has 14 heavy (non-hydrogen) atoms. The molecule has 1 aromatic rings. The zero-order chi connectivity index (χ0) is 10.6. The van der Waals surface area contributed by atoms with Crippen molar-refractivity contribution in [3.8, 4) is 0 Å². The number of nitrogens with one attached hydrogen (secondary N) is 1. The number of aryl methyl sites for hydroxylation is 1. The molecule has 1 atom stereocenters. The summed E-state index contributed by atoms with van der Waals surface area (Å²) in [4.78, 5) is 11.3. The molecule has 1 rings (SSSR count). The van der Waals surface area contributed by atoms with Crippen LogP contribution in [0.2, 0.25) is 0 Å². The van der Waals surface area contributed by atoms with Gasteiger partial charge < -0.3 is 14.6 Å². The van der Waals surface area contributed by atoms with Crippen LogP contribution in [0.3, 0.4) is 0 Å². The molecule has 5 heteroatoms. The predicted octanol–water partition coefficient (Wildman–Crippen LogP) is 0.634. The number of carbonyl (C=O) groups is 1. The van der Waals surface area contributed by atoms with Crippen molar-refractivity contribution in [1.29, 1.82) is 0 Å². The van der Waals surface area contributed by atoms with Crippen molar-refractivity contribution in [2.45, 2.75) is 26.5 Å². The van der Waals surface area contributed by atoms with E-state index in [1.165, 1.54) is 7.11 Å². The van der Waals surface area contributed by atoms with E-state index in [4.69, 9.17) is 9.26 Å². The van der Waals surface area contributed by atoms with Crippen LogP contribution in [-0.2, 0) is 16.1 Å². The highest BCUT2D eigenvalue weighted by atomic mass is 16.5. The third-order valence-electron chi connectivity index (χ3n) is 1.84. The van der Waals surface area contributed by atoms with Crippen LogP contribution < -0.4 is 5.32 Å². The molecule has 0 spiro atoms.